The number of pyridine rings is 1. The number of aromatic nitrogens is 1. The molecule has 0 fully saturated rings. The Morgan fingerprint density at radius 1 is 1.14 bits per heavy atom. The molecule has 2 nitrogen and oxygen atoms in total. The number of benzene rings is 1. The normalized spacial score (nSPS) is 14.2. The molecule has 1 aromatic carbocycles. The molecule has 2 atom stereocenters. The van der Waals surface area contributed by atoms with E-state index in [9.17, 15) is 0 Å². The van der Waals surface area contributed by atoms with Crippen LogP contribution in [-0.4, -0.2) is 4.98 Å². The zero-order valence-electron chi connectivity index (χ0n) is 12.0. The van der Waals surface area contributed by atoms with Crippen LogP contribution < -0.4 is 5.32 Å². The molecule has 4 heteroatoms. The first kappa shape index (κ1) is 14.5. The van der Waals surface area contributed by atoms with E-state index in [2.05, 4.69) is 41.7 Å². The average molecular weight is 317 g/mol. The van der Waals surface area contributed by atoms with E-state index in [0.29, 0.717) is 0 Å². The van der Waals surface area contributed by atoms with Crippen molar-refractivity contribution in [2.45, 2.75) is 25.9 Å². The first-order valence-corrected chi connectivity index (χ1v) is 8.24. The fourth-order valence-corrected chi connectivity index (χ4v) is 3.57. The van der Waals surface area contributed by atoms with Crippen molar-refractivity contribution in [3.63, 3.8) is 0 Å². The Hall–Kier alpha value is -1.42. The van der Waals surface area contributed by atoms with Crippen molar-refractivity contribution in [2.24, 2.45) is 0 Å². The summed E-state index contributed by atoms with van der Waals surface area (Å²) in [5.74, 6) is 0. The summed E-state index contributed by atoms with van der Waals surface area (Å²) in [6.45, 7) is 4.29. The predicted octanol–water partition coefficient (Wildman–Crippen LogP) is 5.36. The van der Waals surface area contributed by atoms with Crippen LogP contribution in [0.3, 0.4) is 0 Å². The third-order valence-electron chi connectivity index (χ3n) is 3.70. The van der Waals surface area contributed by atoms with Gasteiger partial charge in [0.2, 0.25) is 0 Å². The van der Waals surface area contributed by atoms with Gasteiger partial charge in [0, 0.05) is 23.3 Å². The van der Waals surface area contributed by atoms with Gasteiger partial charge in [0.05, 0.1) is 10.2 Å². The molecule has 0 aliphatic carbocycles. The minimum Gasteiger partial charge on any atom is -0.304 e. The second kappa shape index (κ2) is 6.14. The van der Waals surface area contributed by atoms with Crippen LogP contribution in [0.2, 0.25) is 5.02 Å². The lowest BCUT2D eigenvalue weighted by Crippen LogP contribution is -2.22. The van der Waals surface area contributed by atoms with Gasteiger partial charge in [-0.25, -0.2) is 0 Å². The number of nitrogens with zero attached hydrogens (tertiary/aromatic N) is 1. The molecule has 108 valence electrons. The molecule has 2 unspecified atom stereocenters. The van der Waals surface area contributed by atoms with Gasteiger partial charge in [-0.15, -0.1) is 11.3 Å². The standard InChI is InChI=1S/C17H17ClN2S/c1-11(13-9-17-16(19-10-13)7-8-21-17)20-12(2)14-5-3-4-6-15(14)18/h3-12,20H,1-2H3. The number of hydrogen-bond donors (Lipinski definition) is 1. The van der Waals surface area contributed by atoms with Crippen molar-refractivity contribution in [1.29, 1.82) is 0 Å². The van der Waals surface area contributed by atoms with Crippen LogP contribution in [0, 0.1) is 0 Å². The lowest BCUT2D eigenvalue weighted by atomic mass is 10.1. The summed E-state index contributed by atoms with van der Waals surface area (Å²) >= 11 is 7.99. The SMILES string of the molecule is CC(NC(C)c1ccccc1Cl)c1cnc2ccsc2c1. The molecule has 0 bridgehead atoms. The molecular formula is C17H17ClN2S. The van der Waals surface area contributed by atoms with Crippen molar-refractivity contribution < 1.29 is 0 Å². The first-order valence-electron chi connectivity index (χ1n) is 6.99. The Morgan fingerprint density at radius 2 is 1.95 bits per heavy atom. The second-order valence-corrected chi connectivity index (χ2v) is 6.56. The summed E-state index contributed by atoms with van der Waals surface area (Å²) in [6.07, 6.45) is 1.95. The van der Waals surface area contributed by atoms with Gasteiger partial charge in [0.1, 0.15) is 0 Å². The molecule has 21 heavy (non-hydrogen) atoms. The van der Waals surface area contributed by atoms with Crippen LogP contribution in [0.25, 0.3) is 10.2 Å². The molecule has 0 saturated carbocycles. The van der Waals surface area contributed by atoms with E-state index in [4.69, 9.17) is 11.6 Å². The molecule has 3 aromatic rings. The van der Waals surface area contributed by atoms with E-state index in [1.165, 1.54) is 10.3 Å². The van der Waals surface area contributed by atoms with Crippen LogP contribution in [0.15, 0.2) is 48.0 Å². The van der Waals surface area contributed by atoms with Gasteiger partial charge in [-0.1, -0.05) is 29.8 Å². The smallest absolute Gasteiger partial charge is 0.0809 e. The van der Waals surface area contributed by atoms with Gasteiger partial charge in [0.15, 0.2) is 0 Å². The minimum atomic E-state index is 0.188. The average Bonchev–Trinajstić information content (AvgIpc) is 2.94. The number of rotatable bonds is 4. The van der Waals surface area contributed by atoms with Crippen molar-refractivity contribution >= 4 is 33.2 Å². The molecule has 0 saturated heterocycles. The fraction of sp³-hybridized carbons (Fsp3) is 0.235. The van der Waals surface area contributed by atoms with Gasteiger partial charge in [0.25, 0.3) is 0 Å². The third-order valence-corrected chi connectivity index (χ3v) is 4.89. The summed E-state index contributed by atoms with van der Waals surface area (Å²) in [5.41, 5.74) is 3.38. The molecule has 0 aliphatic heterocycles. The van der Waals surface area contributed by atoms with Crippen LogP contribution in [0.5, 0.6) is 0 Å². The maximum Gasteiger partial charge on any atom is 0.0809 e. The van der Waals surface area contributed by atoms with Crippen molar-refractivity contribution in [1.82, 2.24) is 10.3 Å². The highest BCUT2D eigenvalue weighted by molar-refractivity contribution is 7.17. The molecule has 2 heterocycles. The van der Waals surface area contributed by atoms with Crippen molar-refractivity contribution in [3.05, 3.63) is 64.1 Å². The maximum absolute atomic E-state index is 6.26. The maximum atomic E-state index is 6.26. The summed E-state index contributed by atoms with van der Waals surface area (Å²) in [6, 6.07) is 12.6. The lowest BCUT2D eigenvalue weighted by molar-refractivity contribution is 0.494. The minimum absolute atomic E-state index is 0.188. The Labute approximate surface area is 133 Å². The lowest BCUT2D eigenvalue weighted by Gasteiger charge is -2.21. The van der Waals surface area contributed by atoms with E-state index in [1.807, 2.05) is 30.5 Å². The number of thiophene rings is 1. The molecule has 0 radical (unpaired) electrons. The number of halogens is 1. The van der Waals surface area contributed by atoms with Gasteiger partial charge in [-0.05, 0) is 48.6 Å². The van der Waals surface area contributed by atoms with E-state index in [1.54, 1.807) is 11.3 Å². The molecule has 1 N–H and O–H groups in total. The number of hydrogen-bond acceptors (Lipinski definition) is 3. The van der Waals surface area contributed by atoms with Crippen LogP contribution in [0.1, 0.15) is 37.1 Å². The molecule has 3 rings (SSSR count). The van der Waals surface area contributed by atoms with Gasteiger partial charge in [-0.2, -0.15) is 0 Å². The van der Waals surface area contributed by atoms with Crippen LogP contribution in [-0.2, 0) is 0 Å². The monoisotopic (exact) mass is 316 g/mol. The Balaban J connectivity index is 1.79. The van der Waals surface area contributed by atoms with E-state index >= 15 is 0 Å². The summed E-state index contributed by atoms with van der Waals surface area (Å²) in [7, 11) is 0. The largest absolute Gasteiger partial charge is 0.304 e. The topological polar surface area (TPSA) is 24.9 Å². The number of fused-ring (bicyclic) bond motifs is 1. The van der Waals surface area contributed by atoms with Gasteiger partial charge in [-0.3, -0.25) is 4.98 Å². The molecule has 2 aromatic heterocycles. The van der Waals surface area contributed by atoms with E-state index in [0.717, 1.165) is 16.1 Å². The fourth-order valence-electron chi connectivity index (χ4n) is 2.49. The molecule has 0 spiro atoms. The highest BCUT2D eigenvalue weighted by Gasteiger charge is 2.14. The van der Waals surface area contributed by atoms with Crippen LogP contribution >= 0.6 is 22.9 Å². The Kier molecular flexibility index (Phi) is 4.24. The molecule has 0 aliphatic rings. The zero-order valence-corrected chi connectivity index (χ0v) is 13.6. The van der Waals surface area contributed by atoms with E-state index in [-0.39, 0.29) is 12.1 Å². The zero-order chi connectivity index (χ0) is 14.8. The first-order chi connectivity index (χ1) is 10.1. The summed E-state index contributed by atoms with van der Waals surface area (Å²) in [5, 5.41) is 6.47. The summed E-state index contributed by atoms with van der Waals surface area (Å²) < 4.78 is 1.23. The highest BCUT2D eigenvalue weighted by Crippen LogP contribution is 2.27. The number of nitrogens with one attached hydrogen (secondary N) is 1. The van der Waals surface area contributed by atoms with Crippen LogP contribution in [0.4, 0.5) is 0 Å². The Morgan fingerprint density at radius 3 is 2.76 bits per heavy atom. The van der Waals surface area contributed by atoms with E-state index < -0.39 is 0 Å². The predicted molar refractivity (Wildman–Crippen MR) is 91.0 cm³/mol. The van der Waals surface area contributed by atoms with Crippen molar-refractivity contribution in [2.75, 3.05) is 0 Å². The van der Waals surface area contributed by atoms with Gasteiger partial charge < -0.3 is 5.32 Å². The second-order valence-electron chi connectivity index (χ2n) is 5.20. The highest BCUT2D eigenvalue weighted by atomic mass is 35.5. The summed E-state index contributed by atoms with van der Waals surface area (Å²) in [4.78, 5) is 4.50. The van der Waals surface area contributed by atoms with Crippen molar-refractivity contribution in [3.8, 4) is 0 Å². The molecular weight excluding hydrogens is 300 g/mol. The van der Waals surface area contributed by atoms with Gasteiger partial charge >= 0.3 is 0 Å². The Bertz CT molecular complexity index is 753. The quantitative estimate of drug-likeness (QED) is 0.700. The third kappa shape index (κ3) is 3.10. The molecule has 0 amide bonds.